The van der Waals surface area contributed by atoms with Gasteiger partial charge in [-0.15, -0.1) is 0 Å². The fourth-order valence-electron chi connectivity index (χ4n) is 5.54. The van der Waals surface area contributed by atoms with Gasteiger partial charge in [-0.2, -0.15) is 0 Å². The van der Waals surface area contributed by atoms with Gasteiger partial charge in [-0.25, -0.2) is 4.79 Å². The maximum Gasteiger partial charge on any atom is 0.339 e. The van der Waals surface area contributed by atoms with Crippen LogP contribution in [-0.4, -0.2) is 46.9 Å². The molecule has 242 valence electrons. The molecule has 0 saturated heterocycles. The van der Waals surface area contributed by atoms with Crippen molar-refractivity contribution in [2.24, 2.45) is 0 Å². The first-order valence-electron chi connectivity index (χ1n) is 17.0. The van der Waals surface area contributed by atoms with Gasteiger partial charge in [0.05, 0.1) is 19.4 Å². The van der Waals surface area contributed by atoms with E-state index in [9.17, 15) is 19.5 Å². The van der Waals surface area contributed by atoms with Crippen molar-refractivity contribution in [1.82, 2.24) is 0 Å². The number of hydrogen-bond donors (Lipinski definition) is 1. The number of esters is 3. The summed E-state index contributed by atoms with van der Waals surface area (Å²) in [6, 6.07) is 0. The first kappa shape index (κ1) is 39.4. The Balaban J connectivity index is 5.70. The summed E-state index contributed by atoms with van der Waals surface area (Å²) in [5.41, 5.74) is -2.96. The van der Waals surface area contributed by atoms with E-state index in [0.717, 1.165) is 109 Å². The minimum atomic E-state index is -2.33. The Morgan fingerprint density at radius 3 is 1.73 bits per heavy atom. The largest absolute Gasteiger partial charge is 0.464 e. The van der Waals surface area contributed by atoms with Gasteiger partial charge < -0.3 is 19.3 Å². The predicted molar refractivity (Wildman–Crippen MR) is 166 cm³/mol. The molecular formula is C34H64O7. The second kappa shape index (κ2) is 23.9. The van der Waals surface area contributed by atoms with E-state index >= 15 is 0 Å². The minimum absolute atomic E-state index is 0.127. The summed E-state index contributed by atoms with van der Waals surface area (Å²) in [4.78, 5) is 39.5. The molecule has 0 aliphatic heterocycles. The zero-order valence-corrected chi connectivity index (χ0v) is 27.5. The molecule has 0 heterocycles. The van der Waals surface area contributed by atoms with Crippen LogP contribution in [0.5, 0.6) is 0 Å². The van der Waals surface area contributed by atoms with Gasteiger partial charge in [0.25, 0.3) is 0 Å². The average molecular weight is 585 g/mol. The summed E-state index contributed by atoms with van der Waals surface area (Å²) in [5, 5.41) is 11.5. The Bertz CT molecular complexity index is 687. The normalized spacial score (nSPS) is 13.8. The van der Waals surface area contributed by atoms with Crippen molar-refractivity contribution in [2.45, 2.75) is 194 Å². The standard InChI is InChI=1S/C34H64O7/c1-7-13-16-18-22-29(21-10-4)40-30(35)27-34(38,32(37)39-26-20-15-9-3)28-31(36)41-33(23-11-5,24-12-6)25-19-17-14-8-2/h29,38H,7-28H2,1-6H3. The fourth-order valence-corrected chi connectivity index (χ4v) is 5.54. The lowest BCUT2D eigenvalue weighted by atomic mass is 9.86. The maximum atomic E-state index is 13.4. The van der Waals surface area contributed by atoms with Crippen molar-refractivity contribution >= 4 is 17.9 Å². The Labute approximate surface area is 251 Å². The van der Waals surface area contributed by atoms with E-state index in [1.807, 2.05) is 13.8 Å². The maximum absolute atomic E-state index is 13.4. The van der Waals surface area contributed by atoms with Crippen LogP contribution in [0, 0.1) is 0 Å². The number of aliphatic hydroxyl groups is 1. The molecule has 0 aliphatic carbocycles. The molecule has 2 atom stereocenters. The van der Waals surface area contributed by atoms with Crippen LogP contribution in [0.3, 0.4) is 0 Å². The smallest absolute Gasteiger partial charge is 0.339 e. The van der Waals surface area contributed by atoms with Crippen molar-refractivity contribution in [2.75, 3.05) is 6.61 Å². The fraction of sp³-hybridized carbons (Fsp3) is 0.912. The molecule has 1 N–H and O–H groups in total. The van der Waals surface area contributed by atoms with Crippen molar-refractivity contribution < 1.29 is 33.7 Å². The van der Waals surface area contributed by atoms with Gasteiger partial charge in [0, 0.05) is 0 Å². The molecule has 0 aromatic carbocycles. The van der Waals surface area contributed by atoms with E-state index in [4.69, 9.17) is 14.2 Å². The van der Waals surface area contributed by atoms with E-state index in [1.54, 1.807) is 0 Å². The second-order valence-corrected chi connectivity index (χ2v) is 11.9. The van der Waals surface area contributed by atoms with E-state index in [-0.39, 0.29) is 12.7 Å². The molecule has 0 spiro atoms. The summed E-state index contributed by atoms with van der Waals surface area (Å²) in [7, 11) is 0. The number of unbranched alkanes of at least 4 members (excludes halogenated alkanes) is 8. The van der Waals surface area contributed by atoms with Crippen molar-refractivity contribution in [3.63, 3.8) is 0 Å². The lowest BCUT2D eigenvalue weighted by Gasteiger charge is -2.35. The summed E-state index contributed by atoms with van der Waals surface area (Å²) in [6.45, 7) is 12.7. The van der Waals surface area contributed by atoms with Crippen molar-refractivity contribution in [3.8, 4) is 0 Å². The third-order valence-corrected chi connectivity index (χ3v) is 7.75. The molecule has 0 saturated carbocycles. The number of rotatable bonds is 27. The minimum Gasteiger partial charge on any atom is -0.464 e. The van der Waals surface area contributed by atoms with Gasteiger partial charge in [0.2, 0.25) is 0 Å². The van der Waals surface area contributed by atoms with E-state index < -0.39 is 42.0 Å². The van der Waals surface area contributed by atoms with Crippen LogP contribution in [0.25, 0.3) is 0 Å². The lowest BCUT2D eigenvalue weighted by molar-refractivity contribution is -0.184. The van der Waals surface area contributed by atoms with E-state index in [0.29, 0.717) is 12.8 Å². The SMILES string of the molecule is CCCCCCC(CCC)OC(=O)CC(O)(CC(=O)OC(CCC)(CCC)CCCCCC)C(=O)OCCCCC. The molecule has 7 heteroatoms. The lowest BCUT2D eigenvalue weighted by Crippen LogP contribution is -2.46. The molecule has 0 aromatic heterocycles. The second-order valence-electron chi connectivity index (χ2n) is 11.9. The van der Waals surface area contributed by atoms with Gasteiger partial charge in [-0.05, 0) is 51.4 Å². The molecule has 0 radical (unpaired) electrons. The molecule has 0 aromatic rings. The summed E-state index contributed by atoms with van der Waals surface area (Å²) in [5.74, 6) is -2.32. The summed E-state index contributed by atoms with van der Waals surface area (Å²) in [6.07, 6.45) is 15.7. The van der Waals surface area contributed by atoms with Crippen LogP contribution in [0.15, 0.2) is 0 Å². The summed E-state index contributed by atoms with van der Waals surface area (Å²) < 4.78 is 17.2. The van der Waals surface area contributed by atoms with Gasteiger partial charge in [0.15, 0.2) is 5.60 Å². The van der Waals surface area contributed by atoms with Crippen molar-refractivity contribution in [1.29, 1.82) is 0 Å². The average Bonchev–Trinajstić information content (AvgIpc) is 2.91. The van der Waals surface area contributed by atoms with Gasteiger partial charge in [0.1, 0.15) is 11.7 Å². The van der Waals surface area contributed by atoms with Crippen LogP contribution < -0.4 is 0 Å². The summed E-state index contributed by atoms with van der Waals surface area (Å²) >= 11 is 0. The number of carbonyl (C=O) groups excluding carboxylic acids is 3. The third kappa shape index (κ3) is 17.8. The molecule has 0 rings (SSSR count). The molecule has 0 fully saturated rings. The highest BCUT2D eigenvalue weighted by Gasteiger charge is 2.45. The molecule has 7 nitrogen and oxygen atoms in total. The number of hydrogen-bond acceptors (Lipinski definition) is 7. The first-order valence-corrected chi connectivity index (χ1v) is 17.0. The monoisotopic (exact) mass is 584 g/mol. The van der Waals surface area contributed by atoms with Crippen LogP contribution in [0.1, 0.15) is 176 Å². The van der Waals surface area contributed by atoms with Crippen LogP contribution in [-0.2, 0) is 28.6 Å². The zero-order chi connectivity index (χ0) is 31.0. The Hall–Kier alpha value is -1.63. The van der Waals surface area contributed by atoms with Gasteiger partial charge in [-0.3, -0.25) is 9.59 Å². The Kier molecular flexibility index (Phi) is 22.9. The highest BCUT2D eigenvalue weighted by atomic mass is 16.6. The van der Waals surface area contributed by atoms with E-state index in [1.165, 1.54) is 0 Å². The highest BCUT2D eigenvalue weighted by Crippen LogP contribution is 2.33. The number of ether oxygens (including phenoxy) is 3. The first-order chi connectivity index (χ1) is 19.7. The van der Waals surface area contributed by atoms with E-state index in [2.05, 4.69) is 27.7 Å². The quantitative estimate of drug-likeness (QED) is 0.0585. The van der Waals surface area contributed by atoms with Crippen LogP contribution in [0.2, 0.25) is 0 Å². The highest BCUT2D eigenvalue weighted by molar-refractivity contribution is 5.90. The molecule has 0 aliphatic rings. The van der Waals surface area contributed by atoms with Gasteiger partial charge in [-0.1, -0.05) is 112 Å². The predicted octanol–water partition coefficient (Wildman–Crippen LogP) is 8.77. The zero-order valence-electron chi connectivity index (χ0n) is 27.5. The van der Waals surface area contributed by atoms with Crippen molar-refractivity contribution in [3.05, 3.63) is 0 Å². The van der Waals surface area contributed by atoms with Gasteiger partial charge >= 0.3 is 17.9 Å². The molecule has 2 unspecified atom stereocenters. The van der Waals surface area contributed by atoms with Crippen LogP contribution >= 0.6 is 0 Å². The topological polar surface area (TPSA) is 99.1 Å². The Morgan fingerprint density at radius 1 is 0.610 bits per heavy atom. The molecule has 0 bridgehead atoms. The molecule has 0 amide bonds. The third-order valence-electron chi connectivity index (χ3n) is 7.75. The Morgan fingerprint density at radius 2 is 1.17 bits per heavy atom. The van der Waals surface area contributed by atoms with Crippen LogP contribution in [0.4, 0.5) is 0 Å². The number of carbonyl (C=O) groups is 3. The molecule has 41 heavy (non-hydrogen) atoms. The molecular weight excluding hydrogens is 520 g/mol.